The summed E-state index contributed by atoms with van der Waals surface area (Å²) in [6, 6.07) is 9.38. The van der Waals surface area contributed by atoms with Crippen LogP contribution in [0.2, 0.25) is 0 Å². The van der Waals surface area contributed by atoms with Crippen LogP contribution in [0, 0.1) is 6.92 Å². The number of nitrogens with zero attached hydrogens (tertiary/aromatic N) is 2. The summed E-state index contributed by atoms with van der Waals surface area (Å²) < 4.78 is 6.60. The van der Waals surface area contributed by atoms with Crippen LogP contribution in [0.15, 0.2) is 34.8 Å². The summed E-state index contributed by atoms with van der Waals surface area (Å²) in [4.78, 5) is 0. The van der Waals surface area contributed by atoms with Crippen molar-refractivity contribution >= 4 is 27.5 Å². The van der Waals surface area contributed by atoms with Crippen LogP contribution >= 0.6 is 27.5 Å². The van der Waals surface area contributed by atoms with E-state index in [9.17, 15) is 0 Å². The lowest BCUT2D eigenvalue weighted by Crippen LogP contribution is -1.94. The third kappa shape index (κ3) is 3.17. The van der Waals surface area contributed by atoms with Crippen molar-refractivity contribution in [2.45, 2.75) is 12.8 Å². The van der Waals surface area contributed by atoms with E-state index < -0.39 is 0 Å². The summed E-state index contributed by atoms with van der Waals surface area (Å²) in [5.41, 5.74) is 1.77. The lowest BCUT2D eigenvalue weighted by atomic mass is 10.2. The summed E-state index contributed by atoms with van der Waals surface area (Å²) in [5, 5.41) is 7.87. The molecule has 0 bridgehead atoms. The molecule has 0 spiro atoms. The van der Waals surface area contributed by atoms with Crippen molar-refractivity contribution in [3.8, 4) is 11.6 Å². The van der Waals surface area contributed by atoms with Crippen LogP contribution in [0.25, 0.3) is 0 Å². The van der Waals surface area contributed by atoms with Crippen LogP contribution in [-0.2, 0) is 5.88 Å². The second-order valence-electron chi connectivity index (χ2n) is 3.51. The molecule has 1 aromatic carbocycles. The van der Waals surface area contributed by atoms with Crippen LogP contribution in [-0.4, -0.2) is 10.2 Å². The zero-order chi connectivity index (χ0) is 12.3. The normalized spacial score (nSPS) is 10.3. The highest BCUT2D eigenvalue weighted by molar-refractivity contribution is 9.10. The quantitative estimate of drug-likeness (QED) is 0.801. The van der Waals surface area contributed by atoms with Gasteiger partial charge in [0.2, 0.25) is 5.88 Å². The van der Waals surface area contributed by atoms with E-state index in [4.69, 9.17) is 16.3 Å². The van der Waals surface area contributed by atoms with Crippen molar-refractivity contribution < 1.29 is 4.74 Å². The van der Waals surface area contributed by atoms with Crippen molar-refractivity contribution in [1.82, 2.24) is 10.2 Å². The van der Waals surface area contributed by atoms with Crippen molar-refractivity contribution in [2.75, 3.05) is 0 Å². The average Bonchev–Trinajstić information content (AvgIpc) is 2.35. The Hall–Kier alpha value is -1.13. The number of alkyl halides is 1. The van der Waals surface area contributed by atoms with E-state index in [0.717, 1.165) is 21.5 Å². The van der Waals surface area contributed by atoms with Gasteiger partial charge in [0.1, 0.15) is 5.75 Å². The molecule has 1 aromatic heterocycles. The van der Waals surface area contributed by atoms with Gasteiger partial charge in [-0.3, -0.25) is 0 Å². The van der Waals surface area contributed by atoms with Crippen molar-refractivity contribution in [3.63, 3.8) is 0 Å². The number of benzene rings is 1. The van der Waals surface area contributed by atoms with Gasteiger partial charge in [0, 0.05) is 10.5 Å². The van der Waals surface area contributed by atoms with Gasteiger partial charge in [-0.05, 0) is 30.7 Å². The highest BCUT2D eigenvalue weighted by atomic mass is 79.9. The molecule has 0 aliphatic carbocycles. The second kappa shape index (κ2) is 5.47. The van der Waals surface area contributed by atoms with Gasteiger partial charge in [-0.15, -0.1) is 16.7 Å². The first-order valence-electron chi connectivity index (χ1n) is 5.01. The molecule has 2 rings (SSSR count). The summed E-state index contributed by atoms with van der Waals surface area (Å²) >= 11 is 9.03. The third-order valence-electron chi connectivity index (χ3n) is 2.20. The molecule has 0 radical (unpaired) electrons. The first-order chi connectivity index (χ1) is 8.19. The largest absolute Gasteiger partial charge is 0.437 e. The molecule has 0 aliphatic heterocycles. The Balaban J connectivity index is 2.22. The summed E-state index contributed by atoms with van der Waals surface area (Å²) in [5.74, 6) is 1.57. The van der Waals surface area contributed by atoms with Crippen LogP contribution in [0.5, 0.6) is 11.6 Å². The van der Waals surface area contributed by atoms with Crippen molar-refractivity contribution in [1.29, 1.82) is 0 Å². The Morgan fingerprint density at radius 2 is 2.06 bits per heavy atom. The van der Waals surface area contributed by atoms with E-state index in [1.165, 1.54) is 0 Å². The molecule has 0 fully saturated rings. The van der Waals surface area contributed by atoms with E-state index in [1.54, 1.807) is 12.1 Å². The van der Waals surface area contributed by atoms with Gasteiger partial charge in [-0.1, -0.05) is 22.0 Å². The van der Waals surface area contributed by atoms with E-state index in [-0.39, 0.29) is 0 Å². The maximum absolute atomic E-state index is 5.64. The lowest BCUT2D eigenvalue weighted by molar-refractivity contribution is 0.450. The second-order valence-corrected chi connectivity index (χ2v) is 4.69. The number of halogens is 2. The van der Waals surface area contributed by atoms with Crippen LogP contribution in [0.4, 0.5) is 0 Å². The highest BCUT2D eigenvalue weighted by Gasteiger charge is 2.04. The minimum atomic E-state index is 0.350. The number of aromatic nitrogens is 2. The lowest BCUT2D eigenvalue weighted by Gasteiger charge is -2.07. The number of hydrogen-bond donors (Lipinski definition) is 0. The maximum Gasteiger partial charge on any atom is 0.238 e. The SMILES string of the molecule is Cc1ccc(Br)cc1Oc1ccc(CCl)nn1. The van der Waals surface area contributed by atoms with Gasteiger partial charge in [0.15, 0.2) is 0 Å². The predicted octanol–water partition coefficient (Wildman–Crippen LogP) is 4.08. The van der Waals surface area contributed by atoms with Crippen LogP contribution in [0.3, 0.4) is 0 Å². The minimum Gasteiger partial charge on any atom is -0.437 e. The molecule has 0 atom stereocenters. The number of hydrogen-bond acceptors (Lipinski definition) is 3. The molecule has 0 N–H and O–H groups in total. The molecule has 2 aromatic rings. The van der Waals surface area contributed by atoms with Gasteiger partial charge in [-0.25, -0.2) is 0 Å². The summed E-state index contributed by atoms with van der Waals surface area (Å²) in [6.45, 7) is 1.97. The van der Waals surface area contributed by atoms with Gasteiger partial charge < -0.3 is 4.74 Å². The molecule has 0 aliphatic rings. The Kier molecular flexibility index (Phi) is 3.97. The molecule has 17 heavy (non-hydrogen) atoms. The standard InChI is InChI=1S/C12H10BrClN2O/c1-8-2-3-9(13)6-11(8)17-12-5-4-10(7-14)15-16-12/h2-6H,7H2,1H3. The number of rotatable bonds is 3. The third-order valence-corrected chi connectivity index (χ3v) is 2.96. The molecule has 3 nitrogen and oxygen atoms in total. The maximum atomic E-state index is 5.64. The fourth-order valence-corrected chi connectivity index (χ4v) is 1.75. The van der Waals surface area contributed by atoms with Gasteiger partial charge >= 0.3 is 0 Å². The monoisotopic (exact) mass is 312 g/mol. The predicted molar refractivity (Wildman–Crippen MR) is 70.5 cm³/mol. The molecule has 0 unspecified atom stereocenters. The van der Waals surface area contributed by atoms with E-state index >= 15 is 0 Å². The summed E-state index contributed by atoms with van der Waals surface area (Å²) in [6.07, 6.45) is 0. The molecule has 0 saturated heterocycles. The van der Waals surface area contributed by atoms with Gasteiger partial charge in [0.05, 0.1) is 11.6 Å². The van der Waals surface area contributed by atoms with Gasteiger partial charge in [-0.2, -0.15) is 5.10 Å². The Labute approximate surface area is 113 Å². The van der Waals surface area contributed by atoms with Gasteiger partial charge in [0.25, 0.3) is 0 Å². The summed E-state index contributed by atoms with van der Waals surface area (Å²) in [7, 11) is 0. The van der Waals surface area contributed by atoms with E-state index in [1.807, 2.05) is 25.1 Å². The zero-order valence-electron chi connectivity index (χ0n) is 9.15. The van der Waals surface area contributed by atoms with Crippen LogP contribution < -0.4 is 4.74 Å². The molecule has 0 amide bonds. The Bertz CT molecular complexity index is 516. The highest BCUT2D eigenvalue weighted by Crippen LogP contribution is 2.26. The van der Waals surface area contributed by atoms with Crippen molar-refractivity contribution in [2.24, 2.45) is 0 Å². The number of ether oxygens (including phenoxy) is 1. The smallest absolute Gasteiger partial charge is 0.238 e. The molecule has 1 heterocycles. The van der Waals surface area contributed by atoms with Crippen molar-refractivity contribution in [3.05, 3.63) is 46.1 Å². The van der Waals surface area contributed by atoms with E-state index in [0.29, 0.717) is 11.8 Å². The topological polar surface area (TPSA) is 35.0 Å². The first kappa shape index (κ1) is 12.3. The molecular formula is C12H10BrClN2O. The average molecular weight is 314 g/mol. The molecule has 5 heteroatoms. The fourth-order valence-electron chi connectivity index (χ4n) is 1.27. The van der Waals surface area contributed by atoms with E-state index in [2.05, 4.69) is 26.1 Å². The minimum absolute atomic E-state index is 0.350. The molecule has 0 saturated carbocycles. The molecular weight excluding hydrogens is 304 g/mol. The number of aryl methyl sites for hydroxylation is 1. The Morgan fingerprint density at radius 3 is 2.71 bits per heavy atom. The van der Waals surface area contributed by atoms with Crippen LogP contribution in [0.1, 0.15) is 11.3 Å². The molecule has 88 valence electrons. The zero-order valence-corrected chi connectivity index (χ0v) is 11.5. The first-order valence-corrected chi connectivity index (χ1v) is 6.34. The Morgan fingerprint density at radius 1 is 1.24 bits per heavy atom. The fraction of sp³-hybridized carbons (Fsp3) is 0.167.